The van der Waals surface area contributed by atoms with E-state index in [2.05, 4.69) is 24.5 Å². The fourth-order valence-electron chi connectivity index (χ4n) is 2.01. The van der Waals surface area contributed by atoms with Crippen LogP contribution < -0.4 is 10.6 Å². The Kier molecular flexibility index (Phi) is 5.16. The van der Waals surface area contributed by atoms with Gasteiger partial charge in [-0.1, -0.05) is 13.8 Å². The summed E-state index contributed by atoms with van der Waals surface area (Å²) in [7, 11) is -2.92. The van der Waals surface area contributed by atoms with Crippen LogP contribution in [0.25, 0.3) is 0 Å². The summed E-state index contributed by atoms with van der Waals surface area (Å²) in [5.41, 5.74) is -0.450. The van der Waals surface area contributed by atoms with Crippen molar-refractivity contribution in [2.24, 2.45) is 5.92 Å². The zero-order valence-corrected chi connectivity index (χ0v) is 12.3. The van der Waals surface area contributed by atoms with Crippen LogP contribution in [-0.2, 0) is 14.6 Å². The second-order valence-electron chi connectivity index (χ2n) is 5.79. The summed E-state index contributed by atoms with van der Waals surface area (Å²) in [5, 5.41) is 5.89. The van der Waals surface area contributed by atoms with Crippen LogP contribution in [0.4, 0.5) is 0 Å². The highest BCUT2D eigenvalue weighted by Crippen LogP contribution is 2.22. The molecule has 2 N–H and O–H groups in total. The van der Waals surface area contributed by atoms with Crippen LogP contribution in [0, 0.1) is 5.92 Å². The summed E-state index contributed by atoms with van der Waals surface area (Å²) in [6.07, 6.45) is 1.53. The number of hydrogen-bond acceptors (Lipinski definition) is 4. The molecule has 0 bridgehead atoms. The third-order valence-corrected chi connectivity index (χ3v) is 5.13. The molecule has 1 saturated heterocycles. The molecule has 1 heterocycles. The predicted octanol–water partition coefficient (Wildman–Crippen LogP) is 0.316. The van der Waals surface area contributed by atoms with Crippen molar-refractivity contribution >= 4 is 15.7 Å². The second kappa shape index (κ2) is 6.02. The van der Waals surface area contributed by atoms with Gasteiger partial charge in [0.2, 0.25) is 5.91 Å². The van der Waals surface area contributed by atoms with Gasteiger partial charge in [-0.05, 0) is 25.7 Å². The van der Waals surface area contributed by atoms with Crippen molar-refractivity contribution in [1.82, 2.24) is 10.6 Å². The molecule has 1 atom stereocenters. The number of sulfone groups is 1. The predicted molar refractivity (Wildman–Crippen MR) is 72.1 cm³/mol. The van der Waals surface area contributed by atoms with Crippen molar-refractivity contribution < 1.29 is 13.2 Å². The van der Waals surface area contributed by atoms with Gasteiger partial charge in [0.1, 0.15) is 0 Å². The molecule has 0 radical (unpaired) electrons. The zero-order chi connectivity index (χ0) is 13.8. The van der Waals surface area contributed by atoms with Gasteiger partial charge in [0.25, 0.3) is 0 Å². The Hall–Kier alpha value is -0.620. The third-order valence-electron chi connectivity index (χ3n) is 3.22. The molecule has 0 spiro atoms. The Labute approximate surface area is 110 Å². The van der Waals surface area contributed by atoms with Crippen LogP contribution in [-0.4, -0.2) is 44.5 Å². The minimum atomic E-state index is -2.92. The Morgan fingerprint density at radius 2 is 2.06 bits per heavy atom. The lowest BCUT2D eigenvalue weighted by molar-refractivity contribution is -0.120. The first-order valence-electron chi connectivity index (χ1n) is 6.45. The molecule has 0 saturated carbocycles. The van der Waals surface area contributed by atoms with Gasteiger partial charge in [-0.25, -0.2) is 8.42 Å². The summed E-state index contributed by atoms with van der Waals surface area (Å²) < 4.78 is 22.8. The van der Waals surface area contributed by atoms with Gasteiger partial charge in [-0.15, -0.1) is 0 Å². The third kappa shape index (κ3) is 5.35. The van der Waals surface area contributed by atoms with E-state index >= 15 is 0 Å². The SMILES string of the molecule is CC(C)CCNC(=O)CNC1(C)CCS(=O)(=O)C1. The van der Waals surface area contributed by atoms with Crippen LogP contribution in [0.2, 0.25) is 0 Å². The van der Waals surface area contributed by atoms with Crippen molar-refractivity contribution in [3.8, 4) is 0 Å². The molecule has 5 nitrogen and oxygen atoms in total. The Morgan fingerprint density at radius 3 is 2.56 bits per heavy atom. The zero-order valence-electron chi connectivity index (χ0n) is 11.5. The highest BCUT2D eigenvalue weighted by molar-refractivity contribution is 7.91. The molecule has 0 aliphatic carbocycles. The van der Waals surface area contributed by atoms with Crippen molar-refractivity contribution in [2.45, 2.75) is 39.2 Å². The highest BCUT2D eigenvalue weighted by atomic mass is 32.2. The molecule has 0 aromatic heterocycles. The topological polar surface area (TPSA) is 75.3 Å². The molecule has 1 unspecified atom stereocenters. The minimum Gasteiger partial charge on any atom is -0.355 e. The lowest BCUT2D eigenvalue weighted by Crippen LogP contribution is -2.48. The van der Waals surface area contributed by atoms with Crippen LogP contribution in [0.1, 0.15) is 33.6 Å². The van der Waals surface area contributed by atoms with Crippen molar-refractivity contribution in [3.63, 3.8) is 0 Å². The summed E-state index contributed by atoms with van der Waals surface area (Å²) in [5.74, 6) is 0.835. The van der Waals surface area contributed by atoms with E-state index in [0.717, 1.165) is 6.42 Å². The van der Waals surface area contributed by atoms with E-state index in [1.807, 2.05) is 6.92 Å². The molecule has 1 aliphatic heterocycles. The van der Waals surface area contributed by atoms with Gasteiger partial charge >= 0.3 is 0 Å². The van der Waals surface area contributed by atoms with Crippen molar-refractivity contribution in [1.29, 1.82) is 0 Å². The Morgan fingerprint density at radius 1 is 1.39 bits per heavy atom. The number of carbonyl (C=O) groups excluding carboxylic acids is 1. The smallest absolute Gasteiger partial charge is 0.233 e. The lowest BCUT2D eigenvalue weighted by atomic mass is 10.0. The van der Waals surface area contributed by atoms with Gasteiger partial charge in [-0.3, -0.25) is 4.79 Å². The molecule has 1 amide bonds. The van der Waals surface area contributed by atoms with Crippen LogP contribution in [0.3, 0.4) is 0 Å². The maximum absolute atomic E-state index is 11.6. The van der Waals surface area contributed by atoms with E-state index in [-0.39, 0.29) is 24.0 Å². The average molecular weight is 276 g/mol. The molecule has 106 valence electrons. The number of nitrogens with one attached hydrogen (secondary N) is 2. The van der Waals surface area contributed by atoms with E-state index in [4.69, 9.17) is 0 Å². The Balaban J connectivity index is 2.26. The fourth-order valence-corrected chi connectivity index (χ4v) is 4.13. The summed E-state index contributed by atoms with van der Waals surface area (Å²) >= 11 is 0. The Bertz CT molecular complexity index is 392. The first-order valence-corrected chi connectivity index (χ1v) is 8.27. The maximum Gasteiger partial charge on any atom is 0.233 e. The molecule has 0 aromatic rings. The van der Waals surface area contributed by atoms with Gasteiger partial charge in [0, 0.05) is 12.1 Å². The van der Waals surface area contributed by atoms with Gasteiger partial charge in [0.05, 0.1) is 18.1 Å². The molecule has 18 heavy (non-hydrogen) atoms. The number of hydrogen-bond donors (Lipinski definition) is 2. The lowest BCUT2D eigenvalue weighted by Gasteiger charge is -2.23. The van der Waals surface area contributed by atoms with Gasteiger partial charge < -0.3 is 10.6 Å². The number of carbonyl (C=O) groups is 1. The largest absolute Gasteiger partial charge is 0.355 e. The monoisotopic (exact) mass is 276 g/mol. The quantitative estimate of drug-likeness (QED) is 0.732. The van der Waals surface area contributed by atoms with Crippen molar-refractivity contribution in [3.05, 3.63) is 0 Å². The number of rotatable bonds is 6. The highest BCUT2D eigenvalue weighted by Gasteiger charge is 2.38. The summed E-state index contributed by atoms with van der Waals surface area (Å²) in [6.45, 7) is 6.93. The van der Waals surface area contributed by atoms with Gasteiger partial charge in [0.15, 0.2) is 9.84 Å². The molecular weight excluding hydrogens is 252 g/mol. The van der Waals surface area contributed by atoms with E-state index in [1.165, 1.54) is 0 Å². The van der Waals surface area contributed by atoms with E-state index < -0.39 is 15.4 Å². The van der Waals surface area contributed by atoms with Crippen molar-refractivity contribution in [2.75, 3.05) is 24.6 Å². The normalized spacial score (nSPS) is 26.4. The fraction of sp³-hybridized carbons (Fsp3) is 0.917. The van der Waals surface area contributed by atoms with E-state index in [9.17, 15) is 13.2 Å². The minimum absolute atomic E-state index is 0.0684. The summed E-state index contributed by atoms with van der Waals surface area (Å²) in [6, 6.07) is 0. The molecular formula is C12H24N2O3S. The first-order chi connectivity index (χ1) is 8.22. The molecule has 6 heteroatoms. The number of amides is 1. The molecule has 1 aliphatic rings. The van der Waals surface area contributed by atoms with E-state index in [0.29, 0.717) is 18.9 Å². The van der Waals surface area contributed by atoms with Crippen LogP contribution in [0.15, 0.2) is 0 Å². The standard InChI is InChI=1S/C12H24N2O3S/c1-10(2)4-6-13-11(15)8-14-12(3)5-7-18(16,17)9-12/h10,14H,4-9H2,1-3H3,(H,13,15). The molecule has 0 aromatic carbocycles. The van der Waals surface area contributed by atoms with E-state index in [1.54, 1.807) is 0 Å². The maximum atomic E-state index is 11.6. The molecule has 1 rings (SSSR count). The summed E-state index contributed by atoms with van der Waals surface area (Å²) in [4.78, 5) is 11.6. The second-order valence-corrected chi connectivity index (χ2v) is 7.97. The van der Waals surface area contributed by atoms with Gasteiger partial charge in [-0.2, -0.15) is 0 Å². The van der Waals surface area contributed by atoms with Crippen LogP contribution in [0.5, 0.6) is 0 Å². The molecule has 1 fully saturated rings. The first kappa shape index (κ1) is 15.4. The van der Waals surface area contributed by atoms with Crippen LogP contribution >= 0.6 is 0 Å². The average Bonchev–Trinajstić information content (AvgIpc) is 2.51.